The van der Waals surface area contributed by atoms with Gasteiger partial charge in [-0.15, -0.1) is 0 Å². The summed E-state index contributed by atoms with van der Waals surface area (Å²) in [7, 11) is 1.19. The van der Waals surface area contributed by atoms with Crippen molar-refractivity contribution < 1.29 is 29.0 Å². The first kappa shape index (κ1) is 21.0. The molecule has 3 N–H and O–H groups in total. The maximum absolute atomic E-state index is 11.4. The van der Waals surface area contributed by atoms with Crippen molar-refractivity contribution in [2.75, 3.05) is 19.0 Å². The number of halogens is 1. The normalized spacial score (nSPS) is 12.1. The maximum atomic E-state index is 11.4. The highest BCUT2D eigenvalue weighted by molar-refractivity contribution is 6.13. The Labute approximate surface area is 173 Å². The molecular formula is C17H15ClN6O6. The van der Waals surface area contributed by atoms with Gasteiger partial charge in [-0.25, -0.2) is 19.4 Å². The van der Waals surface area contributed by atoms with Gasteiger partial charge in [0.15, 0.2) is 18.0 Å². The number of benzene rings is 1. The fraction of sp³-hybridized carbons (Fsp3) is 0.176. The molecule has 0 spiro atoms. The van der Waals surface area contributed by atoms with E-state index in [1.165, 1.54) is 13.4 Å². The van der Waals surface area contributed by atoms with E-state index in [9.17, 15) is 14.4 Å². The highest BCUT2D eigenvalue weighted by atomic mass is 35.5. The molecule has 4 rings (SSSR count). The Balaban J connectivity index is 0.000000172. The third kappa shape index (κ3) is 4.61. The van der Waals surface area contributed by atoms with E-state index in [-0.39, 0.29) is 29.7 Å². The second-order valence-electron chi connectivity index (χ2n) is 5.77. The van der Waals surface area contributed by atoms with Crippen molar-refractivity contribution in [3.05, 3.63) is 47.5 Å². The molecular weight excluding hydrogens is 420 g/mol. The minimum absolute atomic E-state index is 0.0281. The fourth-order valence-electron chi connectivity index (χ4n) is 2.49. The van der Waals surface area contributed by atoms with Crippen LogP contribution in [0.5, 0.6) is 5.75 Å². The molecule has 1 aromatic carbocycles. The first-order chi connectivity index (χ1) is 14.4. The lowest BCUT2D eigenvalue weighted by atomic mass is 10.1. The number of carbonyl (C=O) groups is 3. The standard InChI is InChI=1S/C9H9ClN2O2.C8H6N4O4/c10-11-4-6-1-2-8-7(3-6)12-9(13)5-14-8;1-16-7(15)5-2-4(6(13)14)11-8-9-3-10-12(5)8/h1-3,11H,4-5H2,(H,12,13);2-3H,1H3,(H,13,14). The number of esters is 1. The van der Waals surface area contributed by atoms with Gasteiger partial charge in [0.2, 0.25) is 0 Å². The van der Waals surface area contributed by atoms with E-state index in [1.54, 1.807) is 0 Å². The van der Waals surface area contributed by atoms with Crippen LogP contribution in [0, 0.1) is 0 Å². The highest BCUT2D eigenvalue weighted by Gasteiger charge is 2.18. The number of fused-ring (bicyclic) bond motifs is 2. The van der Waals surface area contributed by atoms with E-state index in [2.05, 4.69) is 30.0 Å². The zero-order chi connectivity index (χ0) is 21.7. The highest BCUT2D eigenvalue weighted by Crippen LogP contribution is 2.28. The van der Waals surface area contributed by atoms with Gasteiger partial charge in [-0.1, -0.05) is 6.07 Å². The van der Waals surface area contributed by atoms with Crippen LogP contribution in [0.4, 0.5) is 5.69 Å². The minimum Gasteiger partial charge on any atom is -0.482 e. The summed E-state index contributed by atoms with van der Waals surface area (Å²) in [6, 6.07) is 6.63. The summed E-state index contributed by atoms with van der Waals surface area (Å²) < 4.78 is 10.8. The third-order valence-electron chi connectivity index (χ3n) is 3.81. The van der Waals surface area contributed by atoms with Gasteiger partial charge in [0.25, 0.3) is 11.7 Å². The van der Waals surface area contributed by atoms with Gasteiger partial charge in [-0.05, 0) is 29.5 Å². The SMILES string of the molecule is COC(=O)c1cc(C(=O)O)nc2ncnn12.O=C1COc2ccc(CNCl)cc2N1. The number of amides is 1. The summed E-state index contributed by atoms with van der Waals surface area (Å²) in [6.07, 6.45) is 1.17. The van der Waals surface area contributed by atoms with Crippen LogP contribution in [0.25, 0.3) is 5.78 Å². The average molecular weight is 435 g/mol. The third-order valence-corrected chi connectivity index (χ3v) is 3.95. The van der Waals surface area contributed by atoms with Crippen molar-refractivity contribution in [1.82, 2.24) is 24.4 Å². The van der Waals surface area contributed by atoms with Crippen LogP contribution in [-0.4, -0.2) is 56.3 Å². The molecule has 0 saturated heterocycles. The summed E-state index contributed by atoms with van der Waals surface area (Å²) in [5.41, 5.74) is 1.36. The van der Waals surface area contributed by atoms with E-state index >= 15 is 0 Å². The molecule has 0 bridgehead atoms. The summed E-state index contributed by atoms with van der Waals surface area (Å²) in [6.45, 7) is 0.630. The van der Waals surface area contributed by atoms with Crippen molar-refractivity contribution in [1.29, 1.82) is 0 Å². The van der Waals surface area contributed by atoms with Gasteiger partial charge in [0, 0.05) is 12.6 Å². The number of carboxylic acids is 1. The Morgan fingerprint density at radius 2 is 2.20 bits per heavy atom. The van der Waals surface area contributed by atoms with Gasteiger partial charge in [-0.2, -0.15) is 14.6 Å². The number of carbonyl (C=O) groups excluding carboxylic acids is 2. The molecule has 1 amide bonds. The van der Waals surface area contributed by atoms with Crippen LogP contribution in [0.2, 0.25) is 0 Å². The van der Waals surface area contributed by atoms with E-state index in [1.807, 2.05) is 18.2 Å². The predicted molar refractivity (Wildman–Crippen MR) is 102 cm³/mol. The number of aromatic carboxylic acids is 1. The fourth-order valence-corrected chi connectivity index (χ4v) is 2.64. The molecule has 0 aliphatic carbocycles. The maximum Gasteiger partial charge on any atom is 0.356 e. The largest absolute Gasteiger partial charge is 0.482 e. The molecule has 156 valence electrons. The van der Waals surface area contributed by atoms with E-state index < -0.39 is 11.9 Å². The molecule has 0 fully saturated rings. The monoisotopic (exact) mass is 434 g/mol. The topological polar surface area (TPSA) is 157 Å². The zero-order valence-corrected chi connectivity index (χ0v) is 16.2. The number of hydrogen-bond acceptors (Lipinski definition) is 9. The molecule has 0 unspecified atom stereocenters. The molecule has 3 aromatic rings. The Kier molecular flexibility index (Phi) is 6.39. The quantitative estimate of drug-likeness (QED) is 0.397. The van der Waals surface area contributed by atoms with Crippen molar-refractivity contribution in [2.24, 2.45) is 0 Å². The summed E-state index contributed by atoms with van der Waals surface area (Å²) >= 11 is 5.38. The zero-order valence-electron chi connectivity index (χ0n) is 15.5. The van der Waals surface area contributed by atoms with Gasteiger partial charge in [0.1, 0.15) is 12.1 Å². The van der Waals surface area contributed by atoms with Gasteiger partial charge in [0.05, 0.1) is 12.8 Å². The molecule has 0 radical (unpaired) electrons. The van der Waals surface area contributed by atoms with Crippen LogP contribution in [0.1, 0.15) is 26.5 Å². The minimum atomic E-state index is -1.25. The Bertz CT molecular complexity index is 1120. The molecule has 13 heteroatoms. The Morgan fingerprint density at radius 1 is 1.40 bits per heavy atom. The van der Waals surface area contributed by atoms with E-state index in [0.29, 0.717) is 18.0 Å². The van der Waals surface area contributed by atoms with Crippen molar-refractivity contribution in [3.8, 4) is 5.75 Å². The van der Waals surface area contributed by atoms with Crippen molar-refractivity contribution in [2.45, 2.75) is 6.54 Å². The number of anilines is 1. The molecule has 1 aliphatic heterocycles. The molecule has 30 heavy (non-hydrogen) atoms. The van der Waals surface area contributed by atoms with E-state index in [4.69, 9.17) is 21.6 Å². The lowest BCUT2D eigenvalue weighted by molar-refractivity contribution is -0.118. The van der Waals surface area contributed by atoms with Gasteiger partial charge >= 0.3 is 11.9 Å². The number of nitrogens with zero attached hydrogens (tertiary/aromatic N) is 4. The van der Waals surface area contributed by atoms with Gasteiger partial charge in [-0.3, -0.25) is 4.79 Å². The lowest BCUT2D eigenvalue weighted by Gasteiger charge is -2.18. The molecule has 3 heterocycles. The van der Waals surface area contributed by atoms with Crippen molar-refractivity contribution in [3.63, 3.8) is 0 Å². The number of hydrogen-bond donors (Lipinski definition) is 3. The van der Waals surface area contributed by atoms with Crippen LogP contribution in [-0.2, 0) is 16.1 Å². The average Bonchev–Trinajstić information content (AvgIpc) is 3.21. The van der Waals surface area contributed by atoms with Crippen LogP contribution in [0.15, 0.2) is 30.6 Å². The van der Waals surface area contributed by atoms with Crippen LogP contribution >= 0.6 is 11.8 Å². The smallest absolute Gasteiger partial charge is 0.356 e. The summed E-state index contributed by atoms with van der Waals surface area (Å²) in [4.78, 5) is 43.1. The van der Waals surface area contributed by atoms with Gasteiger partial charge < -0.3 is 19.9 Å². The number of ether oxygens (including phenoxy) is 2. The van der Waals surface area contributed by atoms with Crippen LogP contribution in [0.3, 0.4) is 0 Å². The van der Waals surface area contributed by atoms with E-state index in [0.717, 1.165) is 16.1 Å². The van der Waals surface area contributed by atoms with Crippen LogP contribution < -0.4 is 14.9 Å². The molecule has 0 saturated carbocycles. The molecule has 2 aromatic heterocycles. The first-order valence-electron chi connectivity index (χ1n) is 8.34. The Morgan fingerprint density at radius 3 is 2.90 bits per heavy atom. The molecule has 0 atom stereocenters. The number of carboxylic acid groups (broad SMARTS) is 1. The summed E-state index contributed by atoms with van der Waals surface area (Å²) in [5, 5.41) is 15.2. The number of rotatable bonds is 4. The summed E-state index contributed by atoms with van der Waals surface area (Å²) in [5.74, 6) is -1.37. The Hall–Kier alpha value is -3.77. The van der Waals surface area contributed by atoms with Crippen molar-refractivity contribution >= 4 is 41.1 Å². The lowest BCUT2D eigenvalue weighted by Crippen LogP contribution is -2.25. The molecule has 1 aliphatic rings. The number of nitrogens with one attached hydrogen (secondary N) is 2. The number of aromatic nitrogens is 4. The number of methoxy groups -OCH3 is 1. The first-order valence-corrected chi connectivity index (χ1v) is 8.72. The molecule has 12 nitrogen and oxygen atoms in total. The predicted octanol–water partition coefficient (Wildman–Crippen LogP) is 0.870. The second-order valence-corrected chi connectivity index (χ2v) is 6.04. The second kappa shape index (κ2) is 9.15.